The molecular weight excluding hydrogens is 228 g/mol. The van der Waals surface area contributed by atoms with Crippen molar-refractivity contribution in [1.82, 2.24) is 9.78 Å². The smallest absolute Gasteiger partial charge is 0.231 e. The molecule has 5 nitrogen and oxygen atoms in total. The Morgan fingerprint density at radius 1 is 1.44 bits per heavy atom. The number of anilines is 2. The van der Waals surface area contributed by atoms with Crippen LogP contribution >= 0.6 is 0 Å². The first-order chi connectivity index (χ1) is 8.58. The molecule has 18 heavy (non-hydrogen) atoms. The number of aryl methyl sites for hydroxylation is 1. The van der Waals surface area contributed by atoms with Gasteiger partial charge in [-0.3, -0.25) is 9.48 Å². The van der Waals surface area contributed by atoms with Gasteiger partial charge >= 0.3 is 0 Å². The highest BCUT2D eigenvalue weighted by molar-refractivity contribution is 6.03. The molecule has 0 radical (unpaired) electrons. The highest BCUT2D eigenvalue weighted by Gasteiger charge is 2.26. The van der Waals surface area contributed by atoms with Crippen molar-refractivity contribution in [3.63, 3.8) is 0 Å². The number of hydrogen-bond acceptors (Lipinski definition) is 3. The molecule has 2 heterocycles. The lowest BCUT2D eigenvalue weighted by Gasteiger charge is -2.05. The number of nitrogens with one attached hydrogen (secondary N) is 1. The zero-order valence-corrected chi connectivity index (χ0v) is 10.3. The van der Waals surface area contributed by atoms with Gasteiger partial charge in [0.15, 0.2) is 0 Å². The van der Waals surface area contributed by atoms with Crippen LogP contribution in [0, 0.1) is 0 Å². The van der Waals surface area contributed by atoms with Gasteiger partial charge in [0.2, 0.25) is 5.91 Å². The van der Waals surface area contributed by atoms with E-state index in [4.69, 9.17) is 5.73 Å². The summed E-state index contributed by atoms with van der Waals surface area (Å²) >= 11 is 0. The minimum Gasteiger partial charge on any atom is -0.383 e. The average molecular weight is 242 g/mol. The first-order valence-corrected chi connectivity index (χ1v) is 5.80. The van der Waals surface area contributed by atoms with Gasteiger partial charge in [0.1, 0.15) is 5.82 Å². The van der Waals surface area contributed by atoms with Gasteiger partial charge in [-0.05, 0) is 30.2 Å². The molecule has 1 amide bonds. The number of aromatic nitrogens is 2. The Bertz CT molecular complexity index is 644. The number of hydrogen-bond donors (Lipinski definition) is 2. The van der Waals surface area contributed by atoms with Gasteiger partial charge in [-0.1, -0.05) is 6.07 Å². The predicted molar refractivity (Wildman–Crippen MR) is 70.1 cm³/mol. The van der Waals surface area contributed by atoms with Crippen molar-refractivity contribution in [2.24, 2.45) is 7.05 Å². The Hall–Kier alpha value is -2.30. The van der Waals surface area contributed by atoms with Crippen LogP contribution in [0.25, 0.3) is 11.1 Å². The summed E-state index contributed by atoms with van der Waals surface area (Å²) in [5.74, 6) is 0.555. The quantitative estimate of drug-likeness (QED) is 0.799. The lowest BCUT2D eigenvalue weighted by molar-refractivity contribution is -0.116. The lowest BCUT2D eigenvalue weighted by atomic mass is 9.98. The highest BCUT2D eigenvalue weighted by atomic mass is 16.2. The molecule has 0 aliphatic carbocycles. The fourth-order valence-electron chi connectivity index (χ4n) is 2.25. The number of carbonyl (C=O) groups is 1. The van der Waals surface area contributed by atoms with Gasteiger partial charge in [-0.15, -0.1) is 0 Å². The maximum Gasteiger partial charge on any atom is 0.231 e. The molecule has 3 N–H and O–H groups in total. The molecule has 0 spiro atoms. The minimum atomic E-state index is -0.113. The normalized spacial score (nSPS) is 17.7. The molecule has 92 valence electrons. The summed E-state index contributed by atoms with van der Waals surface area (Å²) in [6.07, 6.45) is 1.74. The van der Waals surface area contributed by atoms with Crippen LogP contribution in [0.5, 0.6) is 0 Å². The van der Waals surface area contributed by atoms with Crippen molar-refractivity contribution >= 4 is 17.4 Å². The van der Waals surface area contributed by atoms with Crippen LogP contribution < -0.4 is 11.1 Å². The summed E-state index contributed by atoms with van der Waals surface area (Å²) in [6, 6.07) is 5.87. The van der Waals surface area contributed by atoms with Gasteiger partial charge < -0.3 is 11.1 Å². The summed E-state index contributed by atoms with van der Waals surface area (Å²) < 4.78 is 1.63. The molecule has 1 aromatic carbocycles. The van der Waals surface area contributed by atoms with E-state index < -0.39 is 0 Å². The number of benzene rings is 1. The van der Waals surface area contributed by atoms with Crippen molar-refractivity contribution in [3.05, 3.63) is 30.0 Å². The second kappa shape index (κ2) is 3.60. The molecule has 1 aliphatic rings. The van der Waals surface area contributed by atoms with Crippen LogP contribution in [0.15, 0.2) is 24.4 Å². The van der Waals surface area contributed by atoms with Crippen LogP contribution in [0.1, 0.15) is 18.4 Å². The predicted octanol–water partition coefficient (Wildman–Crippen LogP) is 1.72. The zero-order valence-electron chi connectivity index (χ0n) is 10.3. The monoisotopic (exact) mass is 242 g/mol. The molecule has 1 aliphatic heterocycles. The first-order valence-electron chi connectivity index (χ1n) is 5.80. The molecule has 0 saturated carbocycles. The third-order valence-corrected chi connectivity index (χ3v) is 3.46. The molecule has 0 saturated heterocycles. The fraction of sp³-hybridized carbons (Fsp3) is 0.231. The first kappa shape index (κ1) is 10.8. The van der Waals surface area contributed by atoms with Crippen LogP contribution in [0.2, 0.25) is 0 Å². The second-order valence-electron chi connectivity index (χ2n) is 4.58. The van der Waals surface area contributed by atoms with Crippen molar-refractivity contribution in [1.29, 1.82) is 0 Å². The summed E-state index contributed by atoms with van der Waals surface area (Å²) in [7, 11) is 1.81. The molecule has 3 rings (SSSR count). The Balaban J connectivity index is 2.12. The number of rotatable bonds is 1. The van der Waals surface area contributed by atoms with E-state index in [1.807, 2.05) is 25.1 Å². The van der Waals surface area contributed by atoms with E-state index in [1.54, 1.807) is 17.9 Å². The maximum absolute atomic E-state index is 11.6. The van der Waals surface area contributed by atoms with E-state index in [1.165, 1.54) is 0 Å². The Morgan fingerprint density at radius 3 is 2.89 bits per heavy atom. The molecule has 1 unspecified atom stereocenters. The zero-order chi connectivity index (χ0) is 12.9. The van der Waals surface area contributed by atoms with Crippen molar-refractivity contribution in [2.45, 2.75) is 12.8 Å². The standard InChI is InChI=1S/C13H14N4O/c1-7-9-5-8(3-4-11(9)16-13(7)18)10-6-15-17(2)12(10)14/h3-7H,14H2,1-2H3,(H,16,18). The van der Waals surface area contributed by atoms with Crippen LogP contribution in [0.4, 0.5) is 11.5 Å². The number of nitrogen functional groups attached to an aromatic ring is 1. The molecule has 1 atom stereocenters. The molecular formula is C13H14N4O. The van der Waals surface area contributed by atoms with Gasteiger partial charge in [0.05, 0.1) is 12.1 Å². The number of nitrogens with two attached hydrogens (primary N) is 1. The van der Waals surface area contributed by atoms with E-state index in [9.17, 15) is 4.79 Å². The number of nitrogens with zero attached hydrogens (tertiary/aromatic N) is 2. The topological polar surface area (TPSA) is 72.9 Å². The number of amides is 1. The Morgan fingerprint density at radius 2 is 2.22 bits per heavy atom. The van der Waals surface area contributed by atoms with Crippen molar-refractivity contribution < 1.29 is 4.79 Å². The molecule has 2 aromatic rings. The van der Waals surface area contributed by atoms with Gasteiger partial charge in [-0.2, -0.15) is 5.10 Å². The lowest BCUT2D eigenvalue weighted by Crippen LogP contribution is -2.08. The van der Waals surface area contributed by atoms with Crippen molar-refractivity contribution in [3.8, 4) is 11.1 Å². The summed E-state index contributed by atoms with van der Waals surface area (Å²) in [5.41, 5.74) is 9.75. The third-order valence-electron chi connectivity index (χ3n) is 3.46. The molecule has 5 heteroatoms. The number of fused-ring (bicyclic) bond motifs is 1. The summed E-state index contributed by atoms with van der Waals surface area (Å²) in [4.78, 5) is 11.6. The van der Waals surface area contributed by atoms with E-state index in [-0.39, 0.29) is 11.8 Å². The van der Waals surface area contributed by atoms with E-state index in [0.717, 1.165) is 22.4 Å². The molecule has 0 fully saturated rings. The van der Waals surface area contributed by atoms with Crippen molar-refractivity contribution in [2.75, 3.05) is 11.1 Å². The van der Waals surface area contributed by atoms with Gasteiger partial charge in [0, 0.05) is 18.3 Å². The number of carbonyl (C=O) groups excluding carboxylic acids is 1. The van der Waals surface area contributed by atoms with E-state index in [2.05, 4.69) is 10.4 Å². The fourth-order valence-corrected chi connectivity index (χ4v) is 2.25. The largest absolute Gasteiger partial charge is 0.383 e. The third kappa shape index (κ3) is 1.40. The molecule has 1 aromatic heterocycles. The minimum absolute atomic E-state index is 0.0429. The maximum atomic E-state index is 11.6. The van der Waals surface area contributed by atoms with Crippen LogP contribution in [0.3, 0.4) is 0 Å². The summed E-state index contributed by atoms with van der Waals surface area (Å²) in [5, 5.41) is 6.98. The van der Waals surface area contributed by atoms with E-state index >= 15 is 0 Å². The van der Waals surface area contributed by atoms with Crippen LogP contribution in [-0.2, 0) is 11.8 Å². The average Bonchev–Trinajstić information content (AvgIpc) is 2.83. The van der Waals surface area contributed by atoms with E-state index in [0.29, 0.717) is 5.82 Å². The second-order valence-corrected chi connectivity index (χ2v) is 4.58. The Kier molecular flexibility index (Phi) is 2.16. The van der Waals surface area contributed by atoms with Gasteiger partial charge in [0.25, 0.3) is 0 Å². The highest BCUT2D eigenvalue weighted by Crippen LogP contribution is 2.36. The SMILES string of the molecule is CC1C(=O)Nc2ccc(-c3cnn(C)c3N)cc21. The van der Waals surface area contributed by atoms with Crippen LogP contribution in [-0.4, -0.2) is 15.7 Å². The molecule has 0 bridgehead atoms. The summed E-state index contributed by atoms with van der Waals surface area (Å²) in [6.45, 7) is 1.90. The Labute approximate surface area is 105 Å². The van der Waals surface area contributed by atoms with Gasteiger partial charge in [-0.25, -0.2) is 0 Å².